The minimum Gasteiger partial charge on any atom is -0.393 e. The third-order valence-corrected chi connectivity index (χ3v) is 11.5. The topological polar surface area (TPSA) is 49.7 Å². The van der Waals surface area contributed by atoms with Crippen molar-refractivity contribution in [3.63, 3.8) is 0 Å². The lowest BCUT2D eigenvalue weighted by Crippen LogP contribution is -2.55. The van der Waals surface area contributed by atoms with Gasteiger partial charge in [0.05, 0.1) is 17.8 Å². The SMILES string of the molecule is C=C[C@](O)(CC[C@@H](C)[C@H]1CC[C@H]2[C@@H]3[C@H](OC)C=C4C[C@@H](O)CC[C@]4(C)[C@H]3CC[C@]12C)C(C)C. The van der Waals surface area contributed by atoms with Gasteiger partial charge in [0, 0.05) is 7.11 Å². The number of fused-ring (bicyclic) bond motifs is 5. The van der Waals surface area contributed by atoms with Crippen LogP contribution < -0.4 is 0 Å². The number of methoxy groups -OCH3 is 1. The van der Waals surface area contributed by atoms with Crippen molar-refractivity contribution in [1.82, 2.24) is 0 Å². The minimum atomic E-state index is -0.753. The lowest BCUT2D eigenvalue weighted by molar-refractivity contribution is -0.106. The predicted molar refractivity (Wildman–Crippen MR) is 136 cm³/mol. The van der Waals surface area contributed by atoms with Crippen molar-refractivity contribution in [3.8, 4) is 0 Å². The number of aliphatic hydroxyl groups excluding tert-OH is 1. The highest BCUT2D eigenvalue weighted by Crippen LogP contribution is 2.67. The fourth-order valence-electron chi connectivity index (χ4n) is 9.09. The smallest absolute Gasteiger partial charge is 0.0847 e. The molecule has 10 atom stereocenters. The zero-order valence-corrected chi connectivity index (χ0v) is 22.1. The highest BCUT2D eigenvalue weighted by atomic mass is 16.5. The first kappa shape index (κ1) is 25.5. The Bertz CT molecular complexity index is 758. The molecule has 0 amide bonds. The van der Waals surface area contributed by atoms with E-state index in [1.54, 1.807) is 6.08 Å². The van der Waals surface area contributed by atoms with E-state index in [0.717, 1.165) is 32.1 Å². The minimum absolute atomic E-state index is 0.177. The number of aliphatic hydroxyl groups is 2. The summed E-state index contributed by atoms with van der Waals surface area (Å²) >= 11 is 0. The molecular formula is C30H50O3. The van der Waals surface area contributed by atoms with Crippen LogP contribution in [0.4, 0.5) is 0 Å². The Kier molecular flexibility index (Phi) is 7.02. The maximum absolute atomic E-state index is 11.0. The first-order valence-electron chi connectivity index (χ1n) is 13.8. The van der Waals surface area contributed by atoms with E-state index in [1.165, 1.54) is 31.3 Å². The Hall–Kier alpha value is -0.640. The van der Waals surface area contributed by atoms with Crippen LogP contribution in [0.1, 0.15) is 92.4 Å². The van der Waals surface area contributed by atoms with E-state index >= 15 is 0 Å². The number of ether oxygens (including phenoxy) is 1. The van der Waals surface area contributed by atoms with Crippen molar-refractivity contribution in [2.75, 3.05) is 7.11 Å². The van der Waals surface area contributed by atoms with E-state index in [0.29, 0.717) is 35.0 Å². The zero-order chi connectivity index (χ0) is 24.2. The summed E-state index contributed by atoms with van der Waals surface area (Å²) in [5.74, 6) is 3.50. The average Bonchev–Trinajstić information content (AvgIpc) is 3.14. The molecule has 188 valence electrons. The maximum Gasteiger partial charge on any atom is 0.0847 e. The molecule has 0 aromatic heterocycles. The molecule has 0 bridgehead atoms. The summed E-state index contributed by atoms with van der Waals surface area (Å²) in [7, 11) is 1.89. The second-order valence-electron chi connectivity index (χ2n) is 13.1. The standard InChI is InChI=1S/C30H50O3/c1-8-30(32,19(2)3)16-11-20(4)23-9-10-24-27-25(13-15-29(23,24)6)28(5)14-12-22(31)17-21(28)18-26(27)33-7/h8,18-20,22-27,31-32H,1,9-17H2,2-7H3/t20-,22+,23-,24+,25+,26-,27+,28+,29-,30+/m1/s1. The van der Waals surface area contributed by atoms with E-state index in [-0.39, 0.29) is 23.5 Å². The molecule has 0 aliphatic heterocycles. The summed E-state index contributed by atoms with van der Waals surface area (Å²) in [6.45, 7) is 15.6. The van der Waals surface area contributed by atoms with Crippen LogP contribution in [0.3, 0.4) is 0 Å². The predicted octanol–water partition coefficient (Wildman–Crippen LogP) is 6.54. The summed E-state index contributed by atoms with van der Waals surface area (Å²) in [6, 6.07) is 0. The Labute approximate surface area is 203 Å². The van der Waals surface area contributed by atoms with Gasteiger partial charge in [0.2, 0.25) is 0 Å². The molecule has 0 radical (unpaired) electrons. The second kappa shape index (κ2) is 9.10. The van der Waals surface area contributed by atoms with Crippen molar-refractivity contribution in [2.45, 2.75) is 110 Å². The van der Waals surface area contributed by atoms with Crippen molar-refractivity contribution in [1.29, 1.82) is 0 Å². The van der Waals surface area contributed by atoms with Gasteiger partial charge in [-0.15, -0.1) is 6.58 Å². The van der Waals surface area contributed by atoms with Gasteiger partial charge < -0.3 is 14.9 Å². The van der Waals surface area contributed by atoms with Crippen LogP contribution in [0, 0.1) is 46.3 Å². The van der Waals surface area contributed by atoms with Crippen molar-refractivity contribution >= 4 is 0 Å². The summed E-state index contributed by atoms with van der Waals surface area (Å²) in [5, 5.41) is 21.4. The third kappa shape index (κ3) is 4.08. The number of hydrogen-bond acceptors (Lipinski definition) is 3. The number of hydrogen-bond donors (Lipinski definition) is 2. The van der Waals surface area contributed by atoms with Crippen LogP contribution in [-0.2, 0) is 4.74 Å². The van der Waals surface area contributed by atoms with Gasteiger partial charge in [0.25, 0.3) is 0 Å². The molecule has 0 heterocycles. The Morgan fingerprint density at radius 3 is 2.52 bits per heavy atom. The van der Waals surface area contributed by atoms with Crippen LogP contribution in [-0.4, -0.2) is 35.1 Å². The molecule has 4 aliphatic carbocycles. The molecule has 3 saturated carbocycles. The van der Waals surface area contributed by atoms with Gasteiger partial charge >= 0.3 is 0 Å². The average molecular weight is 459 g/mol. The fraction of sp³-hybridized carbons (Fsp3) is 0.867. The van der Waals surface area contributed by atoms with Gasteiger partial charge in [0.1, 0.15) is 0 Å². The van der Waals surface area contributed by atoms with Crippen molar-refractivity contribution in [3.05, 3.63) is 24.3 Å². The van der Waals surface area contributed by atoms with E-state index in [4.69, 9.17) is 4.74 Å². The van der Waals surface area contributed by atoms with Gasteiger partial charge in [-0.3, -0.25) is 0 Å². The zero-order valence-electron chi connectivity index (χ0n) is 22.1. The monoisotopic (exact) mass is 458 g/mol. The van der Waals surface area contributed by atoms with Gasteiger partial charge in [-0.1, -0.05) is 52.3 Å². The maximum atomic E-state index is 11.0. The van der Waals surface area contributed by atoms with E-state index in [1.807, 2.05) is 7.11 Å². The Morgan fingerprint density at radius 2 is 1.88 bits per heavy atom. The molecule has 0 spiro atoms. The summed E-state index contributed by atoms with van der Waals surface area (Å²) in [4.78, 5) is 0. The summed E-state index contributed by atoms with van der Waals surface area (Å²) in [5.41, 5.74) is 1.31. The highest BCUT2D eigenvalue weighted by molar-refractivity contribution is 5.28. The lowest BCUT2D eigenvalue weighted by atomic mass is 9.46. The quantitative estimate of drug-likeness (QED) is 0.426. The van der Waals surface area contributed by atoms with Crippen LogP contribution in [0.15, 0.2) is 24.3 Å². The van der Waals surface area contributed by atoms with Gasteiger partial charge in [0.15, 0.2) is 0 Å². The van der Waals surface area contributed by atoms with Gasteiger partial charge in [-0.05, 0) is 104 Å². The van der Waals surface area contributed by atoms with Crippen molar-refractivity contribution < 1.29 is 14.9 Å². The Balaban J connectivity index is 1.56. The van der Waals surface area contributed by atoms with Crippen LogP contribution in [0.2, 0.25) is 0 Å². The molecule has 0 unspecified atom stereocenters. The molecule has 2 N–H and O–H groups in total. The largest absolute Gasteiger partial charge is 0.393 e. The molecule has 0 saturated heterocycles. The highest BCUT2D eigenvalue weighted by Gasteiger charge is 2.61. The number of rotatable bonds is 7. The van der Waals surface area contributed by atoms with Crippen molar-refractivity contribution in [2.24, 2.45) is 46.3 Å². The molecule has 33 heavy (non-hydrogen) atoms. The molecule has 3 nitrogen and oxygen atoms in total. The molecule has 3 fully saturated rings. The normalized spacial score (nSPS) is 45.4. The van der Waals surface area contributed by atoms with E-state index in [2.05, 4.69) is 47.3 Å². The molecule has 0 aromatic rings. The molecular weight excluding hydrogens is 408 g/mol. The second-order valence-corrected chi connectivity index (χ2v) is 13.1. The summed E-state index contributed by atoms with van der Waals surface area (Å²) in [6.07, 6.45) is 14.2. The van der Waals surface area contributed by atoms with E-state index in [9.17, 15) is 10.2 Å². The summed E-state index contributed by atoms with van der Waals surface area (Å²) < 4.78 is 6.17. The van der Waals surface area contributed by atoms with E-state index < -0.39 is 5.60 Å². The molecule has 4 rings (SSSR count). The van der Waals surface area contributed by atoms with Gasteiger partial charge in [-0.25, -0.2) is 0 Å². The van der Waals surface area contributed by atoms with Crippen LogP contribution in [0.25, 0.3) is 0 Å². The van der Waals surface area contributed by atoms with Gasteiger partial charge in [-0.2, -0.15) is 0 Å². The first-order valence-corrected chi connectivity index (χ1v) is 13.8. The first-order chi connectivity index (χ1) is 15.5. The molecule has 3 heteroatoms. The van der Waals surface area contributed by atoms with Crippen LogP contribution >= 0.6 is 0 Å². The molecule has 0 aromatic carbocycles. The fourth-order valence-corrected chi connectivity index (χ4v) is 9.09. The molecule has 4 aliphatic rings. The lowest BCUT2D eigenvalue weighted by Gasteiger charge is -2.60. The third-order valence-electron chi connectivity index (χ3n) is 11.5. The Morgan fingerprint density at radius 1 is 1.15 bits per heavy atom. The van der Waals surface area contributed by atoms with Crippen LogP contribution in [0.5, 0.6) is 0 Å².